The zero-order valence-corrected chi connectivity index (χ0v) is 12.0. The Hall–Kier alpha value is -1.89. The Kier molecular flexibility index (Phi) is 3.20. The second-order valence-electron chi connectivity index (χ2n) is 4.10. The maximum Gasteiger partial charge on any atom is 0.256 e. The zero-order valence-electron chi connectivity index (χ0n) is 9.85. The number of aromatic amines is 1. The van der Waals surface area contributed by atoms with Crippen LogP contribution in [0.1, 0.15) is 10.4 Å². The summed E-state index contributed by atoms with van der Waals surface area (Å²) in [5, 5.41) is 3.86. The normalized spacial score (nSPS) is 10.6. The molecule has 3 aromatic rings. The van der Waals surface area contributed by atoms with E-state index in [0.717, 1.165) is 14.5 Å². The molecule has 0 saturated heterocycles. The van der Waals surface area contributed by atoms with Crippen LogP contribution < -0.4 is 5.32 Å². The number of anilines is 1. The number of carbonyl (C=O) groups excluding carboxylic acids is 1. The summed E-state index contributed by atoms with van der Waals surface area (Å²) < 4.78 is 1.03. The van der Waals surface area contributed by atoms with Crippen LogP contribution in [-0.4, -0.2) is 15.9 Å². The Morgan fingerprint density at radius 1 is 1.21 bits per heavy atom. The van der Waals surface area contributed by atoms with Crippen LogP contribution in [0.25, 0.3) is 10.9 Å². The number of aromatic nitrogens is 2. The number of benzene rings is 1. The first-order chi connectivity index (χ1) is 9.22. The number of carbonyl (C=O) groups is 1. The van der Waals surface area contributed by atoms with Crippen molar-refractivity contribution in [3.05, 3.63) is 57.9 Å². The first-order valence-corrected chi connectivity index (χ1v) is 6.80. The van der Waals surface area contributed by atoms with E-state index in [2.05, 4.69) is 37.9 Å². The molecule has 94 valence electrons. The summed E-state index contributed by atoms with van der Waals surface area (Å²) in [6, 6.07) is 11.2. The highest BCUT2D eigenvalue weighted by atomic mass is 127. The number of nitrogens with one attached hydrogen (secondary N) is 2. The van der Waals surface area contributed by atoms with Crippen LogP contribution in [0.3, 0.4) is 0 Å². The van der Waals surface area contributed by atoms with E-state index in [0.29, 0.717) is 11.4 Å². The third kappa shape index (κ3) is 2.60. The number of fused-ring (bicyclic) bond motifs is 1. The van der Waals surface area contributed by atoms with Gasteiger partial charge in [-0.15, -0.1) is 0 Å². The van der Waals surface area contributed by atoms with Gasteiger partial charge in [-0.1, -0.05) is 6.07 Å². The molecule has 0 bridgehead atoms. The Morgan fingerprint density at radius 3 is 2.89 bits per heavy atom. The summed E-state index contributed by atoms with van der Waals surface area (Å²) in [6.45, 7) is 0. The van der Waals surface area contributed by atoms with E-state index in [1.165, 1.54) is 0 Å². The van der Waals surface area contributed by atoms with Crippen molar-refractivity contribution in [2.75, 3.05) is 5.32 Å². The van der Waals surface area contributed by atoms with Crippen molar-refractivity contribution >= 4 is 45.2 Å². The Balaban J connectivity index is 1.84. The molecule has 3 rings (SSSR count). The number of pyridine rings is 1. The van der Waals surface area contributed by atoms with Crippen LogP contribution in [0.5, 0.6) is 0 Å². The van der Waals surface area contributed by atoms with Crippen molar-refractivity contribution in [1.29, 1.82) is 0 Å². The van der Waals surface area contributed by atoms with Gasteiger partial charge in [-0.25, -0.2) is 4.98 Å². The van der Waals surface area contributed by atoms with Crippen molar-refractivity contribution in [3.8, 4) is 0 Å². The van der Waals surface area contributed by atoms with E-state index >= 15 is 0 Å². The highest BCUT2D eigenvalue weighted by Gasteiger charge is 2.07. The van der Waals surface area contributed by atoms with Crippen LogP contribution in [0.15, 0.2) is 48.8 Å². The van der Waals surface area contributed by atoms with E-state index in [9.17, 15) is 4.79 Å². The van der Waals surface area contributed by atoms with Crippen LogP contribution in [0.4, 0.5) is 5.82 Å². The lowest BCUT2D eigenvalue weighted by Gasteiger charge is -2.04. The molecular formula is C14H10IN3O. The summed E-state index contributed by atoms with van der Waals surface area (Å²) in [6.07, 6.45) is 3.57. The molecule has 0 spiro atoms. The molecule has 19 heavy (non-hydrogen) atoms. The molecule has 0 aliphatic carbocycles. The van der Waals surface area contributed by atoms with E-state index in [1.807, 2.05) is 30.5 Å². The second kappa shape index (κ2) is 5.00. The molecule has 1 amide bonds. The lowest BCUT2D eigenvalue weighted by molar-refractivity contribution is 0.102. The summed E-state index contributed by atoms with van der Waals surface area (Å²) in [5.41, 5.74) is 1.55. The van der Waals surface area contributed by atoms with Crippen molar-refractivity contribution in [2.45, 2.75) is 0 Å². The molecule has 0 aliphatic rings. The van der Waals surface area contributed by atoms with Crippen molar-refractivity contribution in [2.24, 2.45) is 0 Å². The quantitative estimate of drug-likeness (QED) is 0.686. The third-order valence-electron chi connectivity index (χ3n) is 2.79. The van der Waals surface area contributed by atoms with E-state index in [-0.39, 0.29) is 5.91 Å². The lowest BCUT2D eigenvalue weighted by Crippen LogP contribution is -2.12. The molecule has 0 aliphatic heterocycles. The molecule has 4 nitrogen and oxygen atoms in total. The number of nitrogens with zero attached hydrogens (tertiary/aromatic N) is 1. The van der Waals surface area contributed by atoms with Gasteiger partial charge in [0.15, 0.2) is 0 Å². The number of rotatable bonds is 2. The zero-order chi connectivity index (χ0) is 13.2. The maximum atomic E-state index is 12.1. The molecule has 0 atom stereocenters. The minimum absolute atomic E-state index is 0.162. The molecule has 0 radical (unpaired) electrons. The number of amides is 1. The van der Waals surface area contributed by atoms with Gasteiger partial charge in [-0.2, -0.15) is 0 Å². The minimum atomic E-state index is -0.162. The predicted octanol–water partition coefficient (Wildman–Crippen LogP) is 3.42. The van der Waals surface area contributed by atoms with Gasteiger partial charge in [-0.3, -0.25) is 4.79 Å². The highest BCUT2D eigenvalue weighted by Crippen LogP contribution is 2.15. The van der Waals surface area contributed by atoms with Gasteiger partial charge in [0.1, 0.15) is 5.82 Å². The number of halogens is 1. The lowest BCUT2D eigenvalue weighted by atomic mass is 10.1. The summed E-state index contributed by atoms with van der Waals surface area (Å²) >= 11 is 2.17. The molecule has 2 heterocycles. The monoisotopic (exact) mass is 363 g/mol. The smallest absolute Gasteiger partial charge is 0.256 e. The highest BCUT2D eigenvalue weighted by molar-refractivity contribution is 14.1. The van der Waals surface area contributed by atoms with Crippen LogP contribution in [0.2, 0.25) is 0 Å². The van der Waals surface area contributed by atoms with Crippen molar-refractivity contribution in [3.63, 3.8) is 0 Å². The number of hydrogen-bond donors (Lipinski definition) is 2. The van der Waals surface area contributed by atoms with Gasteiger partial charge in [0.05, 0.1) is 0 Å². The molecule has 2 aromatic heterocycles. The van der Waals surface area contributed by atoms with Crippen LogP contribution in [0, 0.1) is 3.57 Å². The molecule has 5 heteroatoms. The molecule has 1 aromatic carbocycles. The average Bonchev–Trinajstić information content (AvgIpc) is 2.88. The Morgan fingerprint density at radius 2 is 2.11 bits per heavy atom. The van der Waals surface area contributed by atoms with Gasteiger partial charge < -0.3 is 10.3 Å². The first-order valence-electron chi connectivity index (χ1n) is 5.72. The topological polar surface area (TPSA) is 57.8 Å². The summed E-state index contributed by atoms with van der Waals surface area (Å²) in [4.78, 5) is 19.3. The third-order valence-corrected chi connectivity index (χ3v) is 3.42. The first kappa shape index (κ1) is 12.2. The minimum Gasteiger partial charge on any atom is -0.361 e. The van der Waals surface area contributed by atoms with Crippen molar-refractivity contribution < 1.29 is 4.79 Å². The molecule has 2 N–H and O–H groups in total. The van der Waals surface area contributed by atoms with Crippen molar-refractivity contribution in [1.82, 2.24) is 9.97 Å². The average molecular weight is 363 g/mol. The van der Waals surface area contributed by atoms with Gasteiger partial charge in [0.2, 0.25) is 0 Å². The van der Waals surface area contributed by atoms with Gasteiger partial charge in [-0.05, 0) is 58.3 Å². The summed E-state index contributed by atoms with van der Waals surface area (Å²) in [7, 11) is 0. The van der Waals surface area contributed by atoms with E-state index in [4.69, 9.17) is 0 Å². The maximum absolute atomic E-state index is 12.1. The Labute approximate surface area is 123 Å². The fraction of sp³-hybridized carbons (Fsp3) is 0. The molecule has 0 unspecified atom stereocenters. The fourth-order valence-electron chi connectivity index (χ4n) is 1.83. The van der Waals surface area contributed by atoms with E-state index in [1.54, 1.807) is 18.3 Å². The number of H-pyrrole nitrogens is 1. The second-order valence-corrected chi connectivity index (χ2v) is 5.34. The van der Waals surface area contributed by atoms with Gasteiger partial charge in [0.25, 0.3) is 5.91 Å². The standard InChI is InChI=1S/C14H10IN3O/c15-11-3-4-13(17-8-11)18-14(19)10-2-1-9-5-6-16-12(9)7-10/h1-8,16H,(H,17,18,19). The number of hydrogen-bond acceptors (Lipinski definition) is 2. The predicted molar refractivity (Wildman–Crippen MR) is 83.2 cm³/mol. The van der Waals surface area contributed by atoms with Gasteiger partial charge >= 0.3 is 0 Å². The summed E-state index contributed by atoms with van der Waals surface area (Å²) in [5.74, 6) is 0.391. The molecule has 0 saturated carbocycles. The van der Waals surface area contributed by atoms with Gasteiger partial charge in [0, 0.05) is 27.0 Å². The molecule has 0 fully saturated rings. The van der Waals surface area contributed by atoms with Crippen LogP contribution >= 0.6 is 22.6 Å². The molecular weight excluding hydrogens is 353 g/mol. The Bertz CT molecular complexity index is 734. The largest absolute Gasteiger partial charge is 0.361 e. The van der Waals surface area contributed by atoms with Crippen LogP contribution in [-0.2, 0) is 0 Å². The SMILES string of the molecule is O=C(Nc1ccc(I)cn1)c1ccc2cc[nH]c2c1. The fourth-order valence-corrected chi connectivity index (χ4v) is 2.15. The van der Waals surface area contributed by atoms with E-state index < -0.39 is 0 Å².